The number of pyridine rings is 1. The summed E-state index contributed by atoms with van der Waals surface area (Å²) < 4.78 is 0. The Hall–Kier alpha value is -1.18. The molecule has 1 aromatic rings. The molecular formula is C14H19NO. The molecule has 0 N–H and O–H groups in total. The summed E-state index contributed by atoms with van der Waals surface area (Å²) in [5.74, 6) is 1.14. The summed E-state index contributed by atoms with van der Waals surface area (Å²) in [5, 5.41) is 0. The topological polar surface area (TPSA) is 30.0 Å². The van der Waals surface area contributed by atoms with Gasteiger partial charge in [-0.05, 0) is 43.4 Å². The number of nitrogens with zero attached hydrogens (tertiary/aromatic N) is 1. The van der Waals surface area contributed by atoms with Gasteiger partial charge in [-0.2, -0.15) is 0 Å². The molecule has 0 aliphatic heterocycles. The third-order valence-corrected chi connectivity index (χ3v) is 3.48. The first kappa shape index (κ1) is 11.3. The fraction of sp³-hybridized carbons (Fsp3) is 0.571. The smallest absolute Gasteiger partial charge is 0.184 e. The second kappa shape index (κ2) is 4.77. The molecule has 2 heteroatoms. The Bertz CT molecular complexity index is 386. The predicted molar refractivity (Wildman–Crippen MR) is 64.4 cm³/mol. The second-order valence-electron chi connectivity index (χ2n) is 5.05. The molecule has 1 saturated carbocycles. The Kier molecular flexibility index (Phi) is 3.37. The van der Waals surface area contributed by atoms with E-state index < -0.39 is 0 Å². The largest absolute Gasteiger partial charge is 0.292 e. The highest BCUT2D eigenvalue weighted by molar-refractivity contribution is 5.96. The molecule has 0 spiro atoms. The van der Waals surface area contributed by atoms with Crippen LogP contribution in [0.1, 0.15) is 48.7 Å². The molecule has 0 bridgehead atoms. The number of carbonyl (C=O) groups is 1. The Morgan fingerprint density at radius 2 is 2.25 bits per heavy atom. The van der Waals surface area contributed by atoms with Gasteiger partial charge in [0.15, 0.2) is 5.78 Å². The molecule has 2 rings (SSSR count). The van der Waals surface area contributed by atoms with E-state index in [1.165, 1.54) is 12.8 Å². The van der Waals surface area contributed by atoms with Crippen LogP contribution in [0.2, 0.25) is 0 Å². The van der Waals surface area contributed by atoms with Crippen LogP contribution in [0.3, 0.4) is 0 Å². The van der Waals surface area contributed by atoms with Gasteiger partial charge in [0.1, 0.15) is 5.69 Å². The van der Waals surface area contributed by atoms with E-state index in [1.807, 2.05) is 19.1 Å². The number of rotatable bonds is 2. The summed E-state index contributed by atoms with van der Waals surface area (Å²) >= 11 is 0. The van der Waals surface area contributed by atoms with Gasteiger partial charge < -0.3 is 0 Å². The summed E-state index contributed by atoms with van der Waals surface area (Å²) in [6.45, 7) is 4.24. The molecule has 16 heavy (non-hydrogen) atoms. The van der Waals surface area contributed by atoms with Gasteiger partial charge in [0, 0.05) is 12.1 Å². The first-order chi connectivity index (χ1) is 7.66. The maximum atomic E-state index is 12.2. The van der Waals surface area contributed by atoms with E-state index in [0.29, 0.717) is 11.6 Å². The number of hydrogen-bond donors (Lipinski definition) is 0. The highest BCUT2D eigenvalue weighted by Gasteiger charge is 2.26. The molecule has 2 atom stereocenters. The van der Waals surface area contributed by atoms with E-state index in [-0.39, 0.29) is 11.7 Å². The van der Waals surface area contributed by atoms with Crippen LogP contribution < -0.4 is 0 Å². The highest BCUT2D eigenvalue weighted by atomic mass is 16.1. The molecule has 1 fully saturated rings. The van der Waals surface area contributed by atoms with Crippen molar-refractivity contribution in [1.29, 1.82) is 0 Å². The molecular weight excluding hydrogens is 198 g/mol. The minimum atomic E-state index is 0.207. The summed E-state index contributed by atoms with van der Waals surface area (Å²) in [6.07, 6.45) is 6.26. The quantitative estimate of drug-likeness (QED) is 0.711. The molecule has 0 aromatic carbocycles. The van der Waals surface area contributed by atoms with Crippen LogP contribution in [0.4, 0.5) is 0 Å². The number of carbonyl (C=O) groups excluding carboxylic acids is 1. The van der Waals surface area contributed by atoms with Crippen LogP contribution in [0.25, 0.3) is 0 Å². The molecule has 86 valence electrons. The SMILES string of the molecule is Cc1ccnc(C(=O)C2CCCC(C)C2)c1. The van der Waals surface area contributed by atoms with E-state index in [2.05, 4.69) is 11.9 Å². The van der Waals surface area contributed by atoms with Crippen molar-refractivity contribution in [1.82, 2.24) is 4.98 Å². The van der Waals surface area contributed by atoms with Crippen LogP contribution in [0.15, 0.2) is 18.3 Å². The van der Waals surface area contributed by atoms with Gasteiger partial charge in [0.2, 0.25) is 0 Å². The van der Waals surface area contributed by atoms with Crippen LogP contribution in [-0.2, 0) is 0 Å². The number of hydrogen-bond acceptors (Lipinski definition) is 2. The Morgan fingerprint density at radius 1 is 1.44 bits per heavy atom. The zero-order valence-electron chi connectivity index (χ0n) is 10.1. The Morgan fingerprint density at radius 3 is 2.94 bits per heavy atom. The van der Waals surface area contributed by atoms with Crippen molar-refractivity contribution in [2.45, 2.75) is 39.5 Å². The summed E-state index contributed by atoms with van der Waals surface area (Å²) in [5.41, 5.74) is 1.77. The maximum absolute atomic E-state index is 12.2. The second-order valence-corrected chi connectivity index (χ2v) is 5.05. The summed E-state index contributed by atoms with van der Waals surface area (Å²) in [7, 11) is 0. The minimum Gasteiger partial charge on any atom is -0.292 e. The fourth-order valence-corrected chi connectivity index (χ4v) is 2.55. The van der Waals surface area contributed by atoms with Gasteiger partial charge in [-0.1, -0.05) is 19.8 Å². The van der Waals surface area contributed by atoms with Crippen molar-refractivity contribution < 1.29 is 4.79 Å². The maximum Gasteiger partial charge on any atom is 0.184 e. The van der Waals surface area contributed by atoms with Gasteiger partial charge >= 0.3 is 0 Å². The first-order valence-electron chi connectivity index (χ1n) is 6.13. The molecule has 2 nitrogen and oxygen atoms in total. The molecule has 1 aliphatic rings. The summed E-state index contributed by atoms with van der Waals surface area (Å²) in [6, 6.07) is 3.84. The summed E-state index contributed by atoms with van der Waals surface area (Å²) in [4.78, 5) is 16.4. The number of Topliss-reactive ketones (excluding diaryl/α,β-unsaturated/α-hetero) is 1. The van der Waals surface area contributed by atoms with Gasteiger partial charge in [-0.25, -0.2) is 0 Å². The lowest BCUT2D eigenvalue weighted by atomic mass is 9.79. The van der Waals surface area contributed by atoms with E-state index in [1.54, 1.807) is 6.20 Å². The third-order valence-electron chi connectivity index (χ3n) is 3.48. The van der Waals surface area contributed by atoms with Crippen LogP contribution in [0.5, 0.6) is 0 Å². The number of aryl methyl sites for hydroxylation is 1. The monoisotopic (exact) mass is 217 g/mol. The van der Waals surface area contributed by atoms with Crippen LogP contribution >= 0.6 is 0 Å². The van der Waals surface area contributed by atoms with Crippen molar-refractivity contribution >= 4 is 5.78 Å². The predicted octanol–water partition coefficient (Wildman–Crippen LogP) is 3.40. The highest BCUT2D eigenvalue weighted by Crippen LogP contribution is 2.30. The van der Waals surface area contributed by atoms with E-state index in [4.69, 9.17) is 0 Å². The van der Waals surface area contributed by atoms with Crippen molar-refractivity contribution in [3.05, 3.63) is 29.6 Å². The lowest BCUT2D eigenvalue weighted by Gasteiger charge is -2.25. The van der Waals surface area contributed by atoms with Gasteiger partial charge in [-0.3, -0.25) is 9.78 Å². The van der Waals surface area contributed by atoms with Gasteiger partial charge in [0.25, 0.3) is 0 Å². The van der Waals surface area contributed by atoms with Crippen molar-refractivity contribution in [2.24, 2.45) is 11.8 Å². The zero-order chi connectivity index (χ0) is 11.5. The van der Waals surface area contributed by atoms with Crippen LogP contribution in [-0.4, -0.2) is 10.8 Å². The number of ketones is 1. The van der Waals surface area contributed by atoms with E-state index in [0.717, 1.165) is 18.4 Å². The standard InChI is InChI=1S/C14H19NO/c1-10-4-3-5-12(8-10)14(16)13-9-11(2)6-7-15-13/h6-7,9-10,12H,3-5,8H2,1-2H3. The van der Waals surface area contributed by atoms with Crippen molar-refractivity contribution in [2.75, 3.05) is 0 Å². The van der Waals surface area contributed by atoms with Crippen LogP contribution in [0, 0.1) is 18.8 Å². The van der Waals surface area contributed by atoms with Crippen molar-refractivity contribution in [3.63, 3.8) is 0 Å². The minimum absolute atomic E-state index is 0.207. The average Bonchev–Trinajstić information content (AvgIpc) is 2.28. The van der Waals surface area contributed by atoms with Gasteiger partial charge in [-0.15, -0.1) is 0 Å². The van der Waals surface area contributed by atoms with E-state index in [9.17, 15) is 4.79 Å². The van der Waals surface area contributed by atoms with Crippen molar-refractivity contribution in [3.8, 4) is 0 Å². The molecule has 2 unspecified atom stereocenters. The molecule has 0 radical (unpaired) electrons. The third kappa shape index (κ3) is 2.49. The Labute approximate surface area is 97.1 Å². The number of aromatic nitrogens is 1. The van der Waals surface area contributed by atoms with Gasteiger partial charge in [0.05, 0.1) is 0 Å². The zero-order valence-corrected chi connectivity index (χ0v) is 10.1. The fourth-order valence-electron chi connectivity index (χ4n) is 2.55. The molecule has 0 amide bonds. The molecule has 1 aliphatic carbocycles. The average molecular weight is 217 g/mol. The Balaban J connectivity index is 2.12. The first-order valence-corrected chi connectivity index (χ1v) is 6.13. The lowest BCUT2D eigenvalue weighted by molar-refractivity contribution is 0.0863. The molecule has 1 heterocycles. The molecule has 1 aromatic heterocycles. The lowest BCUT2D eigenvalue weighted by Crippen LogP contribution is -2.22. The van der Waals surface area contributed by atoms with E-state index >= 15 is 0 Å². The normalized spacial score (nSPS) is 25.4. The molecule has 0 saturated heterocycles.